The van der Waals surface area contributed by atoms with E-state index in [1.807, 2.05) is 25.1 Å². The minimum Gasteiger partial charge on any atom is -0.423 e. The minimum atomic E-state index is -0.177. The molecule has 25 heavy (non-hydrogen) atoms. The highest BCUT2D eigenvalue weighted by Crippen LogP contribution is 2.34. The second-order valence-corrected chi connectivity index (χ2v) is 6.77. The Balaban J connectivity index is 1.44. The molecular weight excluding hydrogens is 320 g/mol. The zero-order valence-corrected chi connectivity index (χ0v) is 14.2. The van der Waals surface area contributed by atoms with Crippen LogP contribution in [-0.2, 0) is 4.74 Å². The third-order valence-corrected chi connectivity index (χ3v) is 5.19. The SMILES string of the molecule is Cc1ccc(-c2nnco2)cc1NC(=O)N[C@@H]1CCC[C@H]2OCC[C@H]12. The Bertz CT molecular complexity index is 747. The number of urea groups is 1. The van der Waals surface area contributed by atoms with Gasteiger partial charge in [0.05, 0.1) is 6.10 Å². The van der Waals surface area contributed by atoms with E-state index in [-0.39, 0.29) is 12.1 Å². The minimum absolute atomic E-state index is 0.177. The van der Waals surface area contributed by atoms with Gasteiger partial charge in [-0.05, 0) is 50.3 Å². The standard InChI is InChI=1S/C18H22N4O3/c1-11-5-6-12(17-22-19-10-25-17)9-15(11)21-18(23)20-14-3-2-4-16-13(14)7-8-24-16/h5-6,9-10,13-14,16H,2-4,7-8H2,1H3,(H2,20,21,23)/t13-,14-,16-/m1/s1. The van der Waals surface area contributed by atoms with Gasteiger partial charge in [-0.15, -0.1) is 10.2 Å². The number of amides is 2. The molecule has 7 nitrogen and oxygen atoms in total. The molecule has 0 spiro atoms. The quantitative estimate of drug-likeness (QED) is 0.894. The Labute approximate surface area is 146 Å². The van der Waals surface area contributed by atoms with Crippen molar-refractivity contribution in [2.24, 2.45) is 5.92 Å². The van der Waals surface area contributed by atoms with E-state index in [9.17, 15) is 4.79 Å². The van der Waals surface area contributed by atoms with E-state index in [0.29, 0.717) is 17.9 Å². The maximum Gasteiger partial charge on any atom is 0.319 e. The molecule has 2 N–H and O–H groups in total. The summed E-state index contributed by atoms with van der Waals surface area (Å²) in [6, 6.07) is 5.68. The molecule has 3 atom stereocenters. The summed E-state index contributed by atoms with van der Waals surface area (Å²) in [5.41, 5.74) is 2.49. The molecule has 7 heteroatoms. The topological polar surface area (TPSA) is 89.3 Å². The van der Waals surface area contributed by atoms with Crippen LogP contribution in [0.25, 0.3) is 11.5 Å². The van der Waals surface area contributed by atoms with Crippen molar-refractivity contribution in [3.05, 3.63) is 30.2 Å². The first-order chi connectivity index (χ1) is 12.2. The summed E-state index contributed by atoms with van der Waals surface area (Å²) in [6.45, 7) is 2.76. The molecule has 1 aromatic carbocycles. The fraction of sp³-hybridized carbons (Fsp3) is 0.500. The van der Waals surface area contributed by atoms with Gasteiger partial charge in [-0.3, -0.25) is 0 Å². The van der Waals surface area contributed by atoms with Gasteiger partial charge in [0.15, 0.2) is 0 Å². The van der Waals surface area contributed by atoms with Crippen LogP contribution in [0.15, 0.2) is 29.0 Å². The number of nitrogens with one attached hydrogen (secondary N) is 2. The summed E-state index contributed by atoms with van der Waals surface area (Å²) in [5.74, 6) is 0.868. The summed E-state index contributed by atoms with van der Waals surface area (Å²) >= 11 is 0. The number of hydrogen-bond acceptors (Lipinski definition) is 5. The van der Waals surface area contributed by atoms with E-state index in [4.69, 9.17) is 9.15 Å². The van der Waals surface area contributed by atoms with Gasteiger partial charge in [-0.2, -0.15) is 0 Å². The monoisotopic (exact) mass is 342 g/mol. The predicted molar refractivity (Wildman–Crippen MR) is 92.1 cm³/mol. The van der Waals surface area contributed by atoms with Crippen LogP contribution in [0.1, 0.15) is 31.2 Å². The molecular formula is C18H22N4O3. The van der Waals surface area contributed by atoms with Crippen LogP contribution in [0.3, 0.4) is 0 Å². The lowest BCUT2D eigenvalue weighted by Crippen LogP contribution is -2.47. The number of carbonyl (C=O) groups is 1. The number of aryl methyl sites for hydroxylation is 1. The van der Waals surface area contributed by atoms with Crippen LogP contribution in [0.5, 0.6) is 0 Å². The summed E-state index contributed by atoms with van der Waals surface area (Å²) in [6.07, 6.45) is 5.84. The molecule has 2 fully saturated rings. The van der Waals surface area contributed by atoms with Crippen molar-refractivity contribution < 1.29 is 13.9 Å². The summed E-state index contributed by atoms with van der Waals surface area (Å²) in [5, 5.41) is 13.7. The molecule has 0 radical (unpaired) electrons. The zero-order chi connectivity index (χ0) is 17.2. The zero-order valence-electron chi connectivity index (χ0n) is 14.2. The molecule has 132 valence electrons. The average Bonchev–Trinajstić information content (AvgIpc) is 3.28. The second-order valence-electron chi connectivity index (χ2n) is 6.77. The molecule has 1 saturated heterocycles. The van der Waals surface area contributed by atoms with Crippen LogP contribution >= 0.6 is 0 Å². The van der Waals surface area contributed by atoms with Gasteiger partial charge in [0.1, 0.15) is 0 Å². The van der Waals surface area contributed by atoms with E-state index < -0.39 is 0 Å². The third-order valence-electron chi connectivity index (χ3n) is 5.19. The van der Waals surface area contributed by atoms with Gasteiger partial charge in [-0.1, -0.05) is 6.07 Å². The summed E-state index contributed by atoms with van der Waals surface area (Å²) in [7, 11) is 0. The first-order valence-corrected chi connectivity index (χ1v) is 8.77. The number of hydrogen-bond donors (Lipinski definition) is 2. The van der Waals surface area contributed by atoms with Gasteiger partial charge in [0.25, 0.3) is 0 Å². The van der Waals surface area contributed by atoms with Crippen molar-refractivity contribution in [3.8, 4) is 11.5 Å². The average molecular weight is 342 g/mol. The van der Waals surface area contributed by atoms with Crippen molar-refractivity contribution in [1.82, 2.24) is 15.5 Å². The van der Waals surface area contributed by atoms with Crippen molar-refractivity contribution in [2.75, 3.05) is 11.9 Å². The molecule has 1 aliphatic heterocycles. The van der Waals surface area contributed by atoms with E-state index in [1.165, 1.54) is 6.39 Å². The molecule has 1 aromatic heterocycles. The lowest BCUT2D eigenvalue weighted by Gasteiger charge is -2.33. The Kier molecular flexibility index (Phi) is 4.40. The second kappa shape index (κ2) is 6.84. The van der Waals surface area contributed by atoms with Crippen LogP contribution < -0.4 is 10.6 Å². The largest absolute Gasteiger partial charge is 0.423 e. The number of anilines is 1. The highest BCUT2D eigenvalue weighted by molar-refractivity contribution is 5.91. The van der Waals surface area contributed by atoms with Gasteiger partial charge >= 0.3 is 6.03 Å². The predicted octanol–water partition coefficient (Wildman–Crippen LogP) is 3.12. The fourth-order valence-electron chi connectivity index (χ4n) is 3.87. The van der Waals surface area contributed by atoms with Crippen LogP contribution in [0, 0.1) is 12.8 Å². The number of aromatic nitrogens is 2. The van der Waals surface area contributed by atoms with E-state index in [1.54, 1.807) is 0 Å². The van der Waals surface area contributed by atoms with E-state index >= 15 is 0 Å². The highest BCUT2D eigenvalue weighted by Gasteiger charge is 2.38. The molecule has 2 amide bonds. The Hall–Kier alpha value is -2.41. The van der Waals surface area contributed by atoms with Gasteiger partial charge < -0.3 is 19.8 Å². The maximum atomic E-state index is 12.5. The fourth-order valence-corrected chi connectivity index (χ4v) is 3.87. The number of ether oxygens (including phenoxy) is 1. The van der Waals surface area contributed by atoms with Crippen LogP contribution in [-0.4, -0.2) is 35.0 Å². The number of carbonyl (C=O) groups excluding carboxylic acids is 1. The van der Waals surface area contributed by atoms with Gasteiger partial charge in [-0.25, -0.2) is 4.79 Å². The molecule has 1 saturated carbocycles. The smallest absolute Gasteiger partial charge is 0.319 e. The molecule has 0 unspecified atom stereocenters. The van der Waals surface area contributed by atoms with E-state index in [2.05, 4.69) is 20.8 Å². The van der Waals surface area contributed by atoms with Crippen molar-refractivity contribution in [2.45, 2.75) is 44.8 Å². The highest BCUT2D eigenvalue weighted by atomic mass is 16.5. The number of fused-ring (bicyclic) bond motifs is 1. The lowest BCUT2D eigenvalue weighted by atomic mass is 9.82. The molecule has 2 aliphatic rings. The molecule has 2 aromatic rings. The maximum absolute atomic E-state index is 12.5. The first kappa shape index (κ1) is 16.1. The Morgan fingerprint density at radius 2 is 2.20 bits per heavy atom. The van der Waals surface area contributed by atoms with Crippen LogP contribution in [0.2, 0.25) is 0 Å². The van der Waals surface area contributed by atoms with Crippen LogP contribution in [0.4, 0.5) is 10.5 Å². The Morgan fingerprint density at radius 3 is 3.04 bits per heavy atom. The van der Waals surface area contributed by atoms with Crippen molar-refractivity contribution >= 4 is 11.7 Å². The van der Waals surface area contributed by atoms with Crippen molar-refractivity contribution in [3.63, 3.8) is 0 Å². The normalized spacial score (nSPS) is 25.4. The Morgan fingerprint density at radius 1 is 1.28 bits per heavy atom. The van der Waals surface area contributed by atoms with Gasteiger partial charge in [0, 0.05) is 29.8 Å². The molecule has 0 bridgehead atoms. The molecule has 2 heterocycles. The summed E-state index contributed by atoms with van der Waals surface area (Å²) < 4.78 is 11.0. The first-order valence-electron chi connectivity index (χ1n) is 8.77. The lowest BCUT2D eigenvalue weighted by molar-refractivity contribution is 0.0553. The van der Waals surface area contributed by atoms with Gasteiger partial charge in [0.2, 0.25) is 12.3 Å². The third kappa shape index (κ3) is 3.37. The van der Waals surface area contributed by atoms with Crippen molar-refractivity contribution in [1.29, 1.82) is 0 Å². The molecule has 1 aliphatic carbocycles. The summed E-state index contributed by atoms with van der Waals surface area (Å²) in [4.78, 5) is 12.5. The number of nitrogens with zero attached hydrogens (tertiary/aromatic N) is 2. The van der Waals surface area contributed by atoms with E-state index in [0.717, 1.165) is 49.1 Å². The number of rotatable bonds is 3. The number of benzene rings is 1. The molecule has 4 rings (SSSR count).